The molecule has 0 spiro atoms. The smallest absolute Gasteiger partial charge is 0.138 e. The van der Waals surface area contributed by atoms with Crippen LogP contribution in [0.15, 0.2) is 36.8 Å². The van der Waals surface area contributed by atoms with Crippen LogP contribution in [0.3, 0.4) is 0 Å². The van der Waals surface area contributed by atoms with Crippen LogP contribution in [0.25, 0.3) is 0 Å². The van der Waals surface area contributed by atoms with Gasteiger partial charge in [-0.2, -0.15) is 0 Å². The fraction of sp³-hybridized carbons (Fsp3) is 0.333. The van der Waals surface area contributed by atoms with Crippen LogP contribution in [0.1, 0.15) is 31.1 Å². The summed E-state index contributed by atoms with van der Waals surface area (Å²) in [4.78, 5) is 8.58. The normalized spacial score (nSPS) is 12.4. The molecule has 0 saturated heterocycles. The van der Waals surface area contributed by atoms with Gasteiger partial charge in [-0.25, -0.2) is 0 Å². The van der Waals surface area contributed by atoms with Crippen molar-refractivity contribution in [2.24, 2.45) is 0 Å². The second-order valence-corrected chi connectivity index (χ2v) is 5.12. The topological polar surface area (TPSA) is 47.0 Å². The molecule has 1 unspecified atom stereocenters. The Morgan fingerprint density at radius 1 is 1.30 bits per heavy atom. The Morgan fingerprint density at radius 3 is 2.75 bits per heavy atom. The lowest BCUT2D eigenvalue weighted by Crippen LogP contribution is -2.19. The molecule has 0 radical (unpaired) electrons. The lowest BCUT2D eigenvalue weighted by molar-refractivity contribution is 0.241. The first kappa shape index (κ1) is 14.8. The summed E-state index contributed by atoms with van der Waals surface area (Å²) in [6, 6.07) is 5.48. The van der Waals surface area contributed by atoms with Gasteiger partial charge in [0.15, 0.2) is 0 Å². The van der Waals surface area contributed by atoms with E-state index in [1.54, 1.807) is 18.6 Å². The fourth-order valence-electron chi connectivity index (χ4n) is 2.00. The highest BCUT2D eigenvalue weighted by Gasteiger charge is 2.17. The largest absolute Gasteiger partial charge is 0.489 e. The zero-order valence-electron chi connectivity index (χ0n) is 11.8. The van der Waals surface area contributed by atoms with E-state index in [0.717, 1.165) is 17.0 Å². The first-order valence-electron chi connectivity index (χ1n) is 6.51. The van der Waals surface area contributed by atoms with Crippen molar-refractivity contribution in [3.8, 4) is 5.75 Å². The van der Waals surface area contributed by atoms with Crippen LogP contribution >= 0.6 is 11.6 Å². The molecule has 1 N–H and O–H groups in total. The third kappa shape index (κ3) is 3.46. The molecular weight excluding hydrogens is 274 g/mol. The van der Waals surface area contributed by atoms with Crippen LogP contribution in [0.4, 0.5) is 0 Å². The third-order valence-electron chi connectivity index (χ3n) is 2.79. The van der Waals surface area contributed by atoms with Crippen LogP contribution in [0.2, 0.25) is 5.02 Å². The van der Waals surface area contributed by atoms with Crippen molar-refractivity contribution in [2.45, 2.75) is 26.0 Å². The Kier molecular flexibility index (Phi) is 4.93. The van der Waals surface area contributed by atoms with Gasteiger partial charge < -0.3 is 10.1 Å². The molecule has 0 aliphatic carbocycles. The third-order valence-corrected chi connectivity index (χ3v) is 3.11. The van der Waals surface area contributed by atoms with Crippen LogP contribution in [0, 0.1) is 0 Å². The Balaban J connectivity index is 2.35. The molecule has 20 heavy (non-hydrogen) atoms. The Morgan fingerprint density at radius 2 is 2.10 bits per heavy atom. The summed E-state index contributed by atoms with van der Waals surface area (Å²) in [5.41, 5.74) is 1.74. The molecular formula is C15H18ClN3O. The minimum atomic E-state index is -0.119. The fourth-order valence-corrected chi connectivity index (χ4v) is 2.23. The highest BCUT2D eigenvalue weighted by molar-refractivity contribution is 6.31. The molecule has 0 fully saturated rings. The van der Waals surface area contributed by atoms with Crippen molar-refractivity contribution in [3.05, 3.63) is 53.1 Å². The van der Waals surface area contributed by atoms with Crippen LogP contribution < -0.4 is 10.1 Å². The predicted octanol–water partition coefficient (Wildman–Crippen LogP) is 3.23. The maximum absolute atomic E-state index is 6.22. The molecule has 0 saturated carbocycles. The lowest BCUT2D eigenvalue weighted by Gasteiger charge is -2.18. The summed E-state index contributed by atoms with van der Waals surface area (Å²) in [5, 5.41) is 3.84. The molecule has 2 aromatic heterocycles. The number of nitrogens with zero attached hydrogens (tertiary/aromatic N) is 2. The van der Waals surface area contributed by atoms with E-state index in [4.69, 9.17) is 16.3 Å². The summed E-state index contributed by atoms with van der Waals surface area (Å²) in [5.74, 6) is 0.741. The van der Waals surface area contributed by atoms with Crippen LogP contribution in [-0.2, 0) is 0 Å². The number of pyridine rings is 2. The predicted molar refractivity (Wildman–Crippen MR) is 80.2 cm³/mol. The molecule has 0 aliphatic heterocycles. The molecule has 0 aliphatic rings. The number of ether oxygens (including phenoxy) is 1. The second kappa shape index (κ2) is 6.68. The summed E-state index contributed by atoms with van der Waals surface area (Å²) >= 11 is 6.22. The highest BCUT2D eigenvalue weighted by atomic mass is 35.5. The van der Waals surface area contributed by atoms with Gasteiger partial charge in [0, 0.05) is 12.4 Å². The summed E-state index contributed by atoms with van der Waals surface area (Å²) in [6.45, 7) is 3.97. The lowest BCUT2D eigenvalue weighted by atomic mass is 10.1. The summed E-state index contributed by atoms with van der Waals surface area (Å²) < 4.78 is 5.67. The molecule has 1 atom stereocenters. The van der Waals surface area contributed by atoms with Gasteiger partial charge in [-0.05, 0) is 44.7 Å². The molecule has 0 amide bonds. The minimum absolute atomic E-state index is 0.110. The number of aromatic nitrogens is 2. The highest BCUT2D eigenvalue weighted by Crippen LogP contribution is 2.27. The van der Waals surface area contributed by atoms with E-state index in [-0.39, 0.29) is 12.1 Å². The Labute approximate surface area is 124 Å². The van der Waals surface area contributed by atoms with Gasteiger partial charge in [-0.1, -0.05) is 11.6 Å². The first-order valence-corrected chi connectivity index (χ1v) is 6.89. The molecule has 2 heterocycles. The minimum Gasteiger partial charge on any atom is -0.489 e. The van der Waals surface area contributed by atoms with Crippen molar-refractivity contribution in [1.82, 2.24) is 15.3 Å². The van der Waals surface area contributed by atoms with Crippen molar-refractivity contribution in [3.63, 3.8) is 0 Å². The van der Waals surface area contributed by atoms with Gasteiger partial charge in [0.25, 0.3) is 0 Å². The monoisotopic (exact) mass is 291 g/mol. The second-order valence-electron chi connectivity index (χ2n) is 4.71. The Hall–Kier alpha value is -1.65. The number of hydrogen-bond donors (Lipinski definition) is 1. The molecule has 0 aromatic carbocycles. The van der Waals surface area contributed by atoms with E-state index in [1.807, 2.05) is 39.1 Å². The van der Waals surface area contributed by atoms with E-state index in [0.29, 0.717) is 5.02 Å². The van der Waals surface area contributed by atoms with Crippen molar-refractivity contribution in [1.29, 1.82) is 0 Å². The number of hydrogen-bond acceptors (Lipinski definition) is 4. The first-order chi connectivity index (χ1) is 9.61. The molecule has 106 valence electrons. The van der Waals surface area contributed by atoms with Crippen LogP contribution in [-0.4, -0.2) is 23.1 Å². The SMILES string of the molecule is CNC(c1cncc(OC(C)C)c1)c1ncccc1Cl. The van der Waals surface area contributed by atoms with Gasteiger partial charge in [-0.3, -0.25) is 9.97 Å². The average molecular weight is 292 g/mol. The van der Waals surface area contributed by atoms with E-state index in [2.05, 4.69) is 15.3 Å². The molecule has 5 heteroatoms. The number of rotatable bonds is 5. The molecule has 2 aromatic rings. The molecule has 2 rings (SSSR count). The van der Waals surface area contributed by atoms with E-state index in [9.17, 15) is 0 Å². The van der Waals surface area contributed by atoms with Crippen molar-refractivity contribution < 1.29 is 4.74 Å². The zero-order valence-corrected chi connectivity index (χ0v) is 12.6. The van der Waals surface area contributed by atoms with Gasteiger partial charge >= 0.3 is 0 Å². The molecule has 0 bridgehead atoms. The molecule has 4 nitrogen and oxygen atoms in total. The Bertz CT molecular complexity index is 575. The van der Waals surface area contributed by atoms with Gasteiger partial charge in [-0.15, -0.1) is 0 Å². The van der Waals surface area contributed by atoms with E-state index >= 15 is 0 Å². The summed E-state index contributed by atoms with van der Waals surface area (Å²) in [6.07, 6.45) is 5.34. The maximum atomic E-state index is 6.22. The average Bonchev–Trinajstić information content (AvgIpc) is 2.41. The van der Waals surface area contributed by atoms with Gasteiger partial charge in [0.2, 0.25) is 0 Å². The standard InChI is InChI=1S/C15H18ClN3O/c1-10(2)20-12-7-11(8-18-9-12)14(17-3)15-13(16)5-4-6-19-15/h4-10,14,17H,1-3H3. The number of halogens is 1. The van der Waals surface area contributed by atoms with Crippen molar-refractivity contribution >= 4 is 11.6 Å². The maximum Gasteiger partial charge on any atom is 0.138 e. The summed E-state index contributed by atoms with van der Waals surface area (Å²) in [7, 11) is 1.87. The quantitative estimate of drug-likeness (QED) is 0.919. The van der Waals surface area contributed by atoms with E-state index in [1.165, 1.54) is 0 Å². The van der Waals surface area contributed by atoms with Crippen molar-refractivity contribution in [2.75, 3.05) is 7.05 Å². The van der Waals surface area contributed by atoms with Gasteiger partial charge in [0.05, 0.1) is 29.1 Å². The van der Waals surface area contributed by atoms with E-state index < -0.39 is 0 Å². The number of nitrogens with one attached hydrogen (secondary N) is 1. The van der Waals surface area contributed by atoms with Crippen LogP contribution in [0.5, 0.6) is 5.75 Å². The zero-order chi connectivity index (χ0) is 14.5. The van der Waals surface area contributed by atoms with Gasteiger partial charge in [0.1, 0.15) is 5.75 Å².